The smallest absolute Gasteiger partial charge is 0.191 e. The number of aromatic nitrogens is 3. The van der Waals surface area contributed by atoms with Gasteiger partial charge in [-0.2, -0.15) is 0 Å². The highest BCUT2D eigenvalue weighted by atomic mass is 32.2. The number of hydrogen-bond acceptors (Lipinski definition) is 4. The van der Waals surface area contributed by atoms with E-state index in [1.165, 1.54) is 0 Å². The van der Waals surface area contributed by atoms with Crippen LogP contribution in [0.1, 0.15) is 39.9 Å². The number of ether oxygens (including phenoxy) is 1. The fourth-order valence-corrected chi connectivity index (χ4v) is 2.83. The van der Waals surface area contributed by atoms with Crippen LogP contribution in [0.5, 0.6) is 5.75 Å². The van der Waals surface area contributed by atoms with Crippen molar-refractivity contribution in [2.45, 2.75) is 57.7 Å². The highest BCUT2D eigenvalue weighted by Gasteiger charge is 2.14. The minimum atomic E-state index is 0.452. The third-order valence-electron chi connectivity index (χ3n) is 3.18. The zero-order valence-electron chi connectivity index (χ0n) is 13.8. The average Bonchev–Trinajstić information content (AvgIpc) is 2.85. The molecule has 120 valence electrons. The van der Waals surface area contributed by atoms with Crippen molar-refractivity contribution in [1.29, 1.82) is 0 Å². The molecule has 1 aromatic carbocycles. The van der Waals surface area contributed by atoms with E-state index in [4.69, 9.17) is 4.74 Å². The van der Waals surface area contributed by atoms with E-state index in [0.717, 1.165) is 29.7 Å². The molecule has 0 N–H and O–H groups in total. The summed E-state index contributed by atoms with van der Waals surface area (Å²) < 4.78 is 8.03. The van der Waals surface area contributed by atoms with Crippen LogP contribution in [0.4, 0.5) is 0 Å². The lowest BCUT2D eigenvalue weighted by Crippen LogP contribution is -2.10. The van der Waals surface area contributed by atoms with Gasteiger partial charge in [-0.05, 0) is 24.5 Å². The van der Waals surface area contributed by atoms with Crippen LogP contribution in [0, 0.1) is 5.92 Å². The molecular weight excluding hydrogens is 294 g/mol. The van der Waals surface area contributed by atoms with Crippen molar-refractivity contribution in [2.24, 2.45) is 5.92 Å². The van der Waals surface area contributed by atoms with Gasteiger partial charge in [0.05, 0.1) is 0 Å². The van der Waals surface area contributed by atoms with Gasteiger partial charge in [-0.25, -0.2) is 0 Å². The Labute approximate surface area is 137 Å². The van der Waals surface area contributed by atoms with Gasteiger partial charge in [0.2, 0.25) is 0 Å². The maximum Gasteiger partial charge on any atom is 0.191 e. The molecule has 0 aliphatic heterocycles. The van der Waals surface area contributed by atoms with E-state index < -0.39 is 0 Å². The first-order valence-electron chi connectivity index (χ1n) is 7.83. The second-order valence-corrected chi connectivity index (χ2v) is 7.54. The Balaban J connectivity index is 2.09. The van der Waals surface area contributed by atoms with Crippen LogP contribution in [0.15, 0.2) is 35.5 Å². The van der Waals surface area contributed by atoms with Crippen molar-refractivity contribution in [3.05, 3.63) is 36.2 Å². The molecule has 0 aliphatic rings. The predicted octanol–water partition coefficient (Wildman–Crippen LogP) is 4.40. The molecule has 2 aromatic rings. The Morgan fingerprint density at radius 1 is 1.09 bits per heavy atom. The van der Waals surface area contributed by atoms with Crippen molar-refractivity contribution in [3.8, 4) is 5.75 Å². The van der Waals surface area contributed by atoms with Gasteiger partial charge in [0.1, 0.15) is 12.4 Å². The second-order valence-electron chi connectivity index (χ2n) is 6.00. The molecule has 0 spiro atoms. The molecule has 0 atom stereocenters. The van der Waals surface area contributed by atoms with Crippen LogP contribution >= 0.6 is 11.8 Å². The Hall–Kier alpha value is -1.49. The normalized spacial score (nSPS) is 11.4. The fourth-order valence-electron chi connectivity index (χ4n) is 2.00. The maximum absolute atomic E-state index is 5.83. The lowest BCUT2D eigenvalue weighted by Gasteiger charge is -2.13. The fraction of sp³-hybridized carbons (Fsp3) is 0.529. The number of thioether (sulfide) groups is 1. The Morgan fingerprint density at radius 2 is 1.82 bits per heavy atom. The number of hydrogen-bond donors (Lipinski definition) is 0. The number of nitrogens with zero attached hydrogens (tertiary/aromatic N) is 3. The van der Waals surface area contributed by atoms with E-state index in [9.17, 15) is 0 Å². The van der Waals surface area contributed by atoms with Crippen LogP contribution in [-0.4, -0.2) is 20.0 Å². The number of benzene rings is 1. The van der Waals surface area contributed by atoms with Crippen LogP contribution < -0.4 is 4.74 Å². The van der Waals surface area contributed by atoms with Crippen molar-refractivity contribution in [3.63, 3.8) is 0 Å². The first kappa shape index (κ1) is 16.9. The Morgan fingerprint density at radius 3 is 2.45 bits per heavy atom. The van der Waals surface area contributed by atoms with Gasteiger partial charge >= 0.3 is 0 Å². The standard InChI is InChI=1S/C17H25N3OS/c1-13(2)10-11-20-16(18-19-17(20)22-14(3)4)12-21-15-8-6-5-7-9-15/h5-9,13-14H,10-12H2,1-4H3. The summed E-state index contributed by atoms with van der Waals surface area (Å²) in [6.07, 6.45) is 1.11. The van der Waals surface area contributed by atoms with Gasteiger partial charge in [0, 0.05) is 11.8 Å². The molecule has 4 nitrogen and oxygen atoms in total. The SMILES string of the molecule is CC(C)CCn1c(COc2ccccc2)nnc1SC(C)C. The molecule has 0 aliphatic carbocycles. The third kappa shape index (κ3) is 5.05. The van der Waals surface area contributed by atoms with Crippen molar-refractivity contribution in [1.82, 2.24) is 14.8 Å². The van der Waals surface area contributed by atoms with E-state index in [1.54, 1.807) is 11.8 Å². The van der Waals surface area contributed by atoms with Crippen LogP contribution in [0.3, 0.4) is 0 Å². The largest absolute Gasteiger partial charge is 0.486 e. The van der Waals surface area contributed by atoms with Crippen molar-refractivity contribution in [2.75, 3.05) is 0 Å². The summed E-state index contributed by atoms with van der Waals surface area (Å²) >= 11 is 1.75. The van der Waals surface area contributed by atoms with Crippen molar-refractivity contribution < 1.29 is 4.74 Å². The molecule has 0 amide bonds. The highest BCUT2D eigenvalue weighted by molar-refractivity contribution is 7.99. The van der Waals surface area contributed by atoms with Gasteiger partial charge in [-0.3, -0.25) is 0 Å². The first-order valence-corrected chi connectivity index (χ1v) is 8.70. The summed E-state index contributed by atoms with van der Waals surface area (Å²) in [5.74, 6) is 2.41. The van der Waals surface area contributed by atoms with Gasteiger partial charge in [0.25, 0.3) is 0 Å². The van der Waals surface area contributed by atoms with Crippen LogP contribution in [0.25, 0.3) is 0 Å². The molecule has 22 heavy (non-hydrogen) atoms. The highest BCUT2D eigenvalue weighted by Crippen LogP contribution is 2.23. The summed E-state index contributed by atoms with van der Waals surface area (Å²) in [5, 5.41) is 10.2. The van der Waals surface area contributed by atoms with Crippen LogP contribution in [0.2, 0.25) is 0 Å². The summed E-state index contributed by atoms with van der Waals surface area (Å²) in [4.78, 5) is 0. The topological polar surface area (TPSA) is 39.9 Å². The molecule has 0 unspecified atom stereocenters. The molecule has 1 heterocycles. The van der Waals surface area contributed by atoms with Gasteiger partial charge in [-0.1, -0.05) is 57.7 Å². The zero-order chi connectivity index (χ0) is 15.9. The molecule has 1 aromatic heterocycles. The third-order valence-corrected chi connectivity index (χ3v) is 4.16. The zero-order valence-corrected chi connectivity index (χ0v) is 14.6. The molecule has 0 bridgehead atoms. The van der Waals surface area contributed by atoms with E-state index in [-0.39, 0.29) is 0 Å². The van der Waals surface area contributed by atoms with Gasteiger partial charge in [-0.15, -0.1) is 10.2 Å². The van der Waals surface area contributed by atoms with E-state index in [0.29, 0.717) is 17.8 Å². The molecule has 0 saturated heterocycles. The lowest BCUT2D eigenvalue weighted by atomic mass is 10.1. The number of para-hydroxylation sites is 1. The van der Waals surface area contributed by atoms with E-state index in [2.05, 4.69) is 42.5 Å². The minimum absolute atomic E-state index is 0.452. The number of rotatable bonds is 8. The molecule has 0 radical (unpaired) electrons. The van der Waals surface area contributed by atoms with E-state index >= 15 is 0 Å². The molecular formula is C17H25N3OS. The van der Waals surface area contributed by atoms with Crippen molar-refractivity contribution >= 4 is 11.8 Å². The Kier molecular flexibility index (Phi) is 6.31. The first-order chi connectivity index (χ1) is 10.6. The molecule has 2 rings (SSSR count). The van der Waals surface area contributed by atoms with Gasteiger partial charge < -0.3 is 9.30 Å². The minimum Gasteiger partial charge on any atom is -0.486 e. The summed E-state index contributed by atoms with van der Waals surface area (Å²) in [6, 6.07) is 9.84. The maximum atomic E-state index is 5.83. The average molecular weight is 319 g/mol. The monoisotopic (exact) mass is 319 g/mol. The molecule has 0 saturated carbocycles. The van der Waals surface area contributed by atoms with Gasteiger partial charge in [0.15, 0.2) is 11.0 Å². The summed E-state index contributed by atoms with van der Waals surface area (Å²) in [5.41, 5.74) is 0. The van der Waals surface area contributed by atoms with Crippen LogP contribution in [-0.2, 0) is 13.2 Å². The quantitative estimate of drug-likeness (QED) is 0.676. The second kappa shape index (κ2) is 8.22. The summed E-state index contributed by atoms with van der Waals surface area (Å²) in [6.45, 7) is 10.2. The summed E-state index contributed by atoms with van der Waals surface area (Å²) in [7, 11) is 0. The molecule has 5 heteroatoms. The molecule has 0 fully saturated rings. The van der Waals surface area contributed by atoms with E-state index in [1.807, 2.05) is 30.3 Å². The predicted molar refractivity (Wildman–Crippen MR) is 91.2 cm³/mol. The Bertz CT molecular complexity index is 567. The lowest BCUT2D eigenvalue weighted by molar-refractivity contribution is 0.285.